The average molecular weight is 261 g/mol. The fraction of sp³-hybridized carbons (Fsp3) is 0.231. The zero-order valence-electron chi connectivity index (χ0n) is 10.4. The summed E-state index contributed by atoms with van der Waals surface area (Å²) in [6, 6.07) is 9.81. The highest BCUT2D eigenvalue weighted by Gasteiger charge is 2.05. The lowest BCUT2D eigenvalue weighted by Crippen LogP contribution is -2.01. The molecular weight excluding hydrogens is 246 g/mol. The van der Waals surface area contributed by atoms with Gasteiger partial charge in [-0.05, 0) is 18.4 Å². The van der Waals surface area contributed by atoms with Crippen LogP contribution in [0.5, 0.6) is 0 Å². The number of anilines is 1. The van der Waals surface area contributed by atoms with E-state index in [0.717, 1.165) is 11.3 Å². The third-order valence-electron chi connectivity index (χ3n) is 2.44. The van der Waals surface area contributed by atoms with E-state index in [4.69, 9.17) is 10.5 Å². The first-order valence-electron chi connectivity index (χ1n) is 5.49. The van der Waals surface area contributed by atoms with Gasteiger partial charge in [-0.1, -0.05) is 12.1 Å². The van der Waals surface area contributed by atoms with Gasteiger partial charge < -0.3 is 10.5 Å². The zero-order valence-corrected chi connectivity index (χ0v) is 11.2. The van der Waals surface area contributed by atoms with E-state index in [1.165, 1.54) is 4.90 Å². The van der Waals surface area contributed by atoms with Crippen LogP contribution < -0.4 is 5.73 Å². The van der Waals surface area contributed by atoms with Crippen LogP contribution in [-0.2, 0) is 11.3 Å². The monoisotopic (exact) mass is 261 g/mol. The summed E-state index contributed by atoms with van der Waals surface area (Å²) in [7, 11) is 1.63. The van der Waals surface area contributed by atoms with Gasteiger partial charge in [-0.15, -0.1) is 11.8 Å². The molecule has 2 N–H and O–H groups in total. The summed E-state index contributed by atoms with van der Waals surface area (Å²) >= 11 is 1.70. The molecule has 0 atom stereocenters. The third-order valence-corrected chi connectivity index (χ3v) is 3.18. The summed E-state index contributed by atoms with van der Waals surface area (Å²) < 4.78 is 5.06. The molecule has 18 heavy (non-hydrogen) atoms. The minimum absolute atomic E-state index is 0.433. The standard InChI is InChI=1S/C13H15N3OS/c1-17-8-10-7-12(14)16-13(15-10)9-3-5-11(18-2)6-4-9/h3-7H,8H2,1-2H3,(H2,14,15,16). The SMILES string of the molecule is COCc1cc(N)nc(-c2ccc(SC)cc2)n1. The second-order valence-corrected chi connectivity index (χ2v) is 4.65. The molecule has 0 bridgehead atoms. The molecule has 0 aliphatic rings. The van der Waals surface area contributed by atoms with Gasteiger partial charge in [0.25, 0.3) is 0 Å². The smallest absolute Gasteiger partial charge is 0.161 e. The molecule has 0 radical (unpaired) electrons. The van der Waals surface area contributed by atoms with Gasteiger partial charge >= 0.3 is 0 Å². The largest absolute Gasteiger partial charge is 0.384 e. The maximum Gasteiger partial charge on any atom is 0.161 e. The number of benzene rings is 1. The fourth-order valence-corrected chi connectivity index (χ4v) is 2.02. The molecule has 0 fully saturated rings. The van der Waals surface area contributed by atoms with E-state index in [-0.39, 0.29) is 0 Å². The number of thioether (sulfide) groups is 1. The van der Waals surface area contributed by atoms with Gasteiger partial charge in [-0.25, -0.2) is 9.97 Å². The molecule has 1 aromatic carbocycles. The van der Waals surface area contributed by atoms with Crippen molar-refractivity contribution in [3.63, 3.8) is 0 Å². The van der Waals surface area contributed by atoms with Crippen molar-refractivity contribution in [1.82, 2.24) is 9.97 Å². The summed E-state index contributed by atoms with van der Waals surface area (Å²) in [6.45, 7) is 0.433. The summed E-state index contributed by atoms with van der Waals surface area (Å²) in [5, 5.41) is 0. The van der Waals surface area contributed by atoms with E-state index in [0.29, 0.717) is 18.2 Å². The van der Waals surface area contributed by atoms with Crippen molar-refractivity contribution in [3.05, 3.63) is 36.0 Å². The van der Waals surface area contributed by atoms with Gasteiger partial charge in [-0.2, -0.15) is 0 Å². The van der Waals surface area contributed by atoms with Gasteiger partial charge in [0, 0.05) is 23.6 Å². The normalized spacial score (nSPS) is 10.6. The number of ether oxygens (including phenoxy) is 1. The van der Waals surface area contributed by atoms with E-state index < -0.39 is 0 Å². The van der Waals surface area contributed by atoms with Gasteiger partial charge in [0.05, 0.1) is 12.3 Å². The molecule has 94 valence electrons. The van der Waals surface area contributed by atoms with Gasteiger partial charge in [0.15, 0.2) is 5.82 Å². The van der Waals surface area contributed by atoms with Crippen molar-refractivity contribution in [2.75, 3.05) is 19.1 Å². The van der Waals surface area contributed by atoms with Crippen LogP contribution in [0.15, 0.2) is 35.2 Å². The highest BCUT2D eigenvalue weighted by Crippen LogP contribution is 2.21. The van der Waals surface area contributed by atoms with Crippen LogP contribution >= 0.6 is 11.8 Å². The molecule has 2 aromatic rings. The van der Waals surface area contributed by atoms with Crippen molar-refractivity contribution in [2.45, 2.75) is 11.5 Å². The maximum atomic E-state index is 5.77. The predicted molar refractivity (Wildman–Crippen MR) is 74.4 cm³/mol. The fourth-order valence-electron chi connectivity index (χ4n) is 1.61. The van der Waals surface area contributed by atoms with Crippen LogP contribution in [0, 0.1) is 0 Å². The van der Waals surface area contributed by atoms with Gasteiger partial charge in [-0.3, -0.25) is 0 Å². The van der Waals surface area contributed by atoms with Crippen LogP contribution in [0.1, 0.15) is 5.69 Å². The van der Waals surface area contributed by atoms with Crippen LogP contribution in [-0.4, -0.2) is 23.3 Å². The summed E-state index contributed by atoms with van der Waals surface area (Å²) in [5.74, 6) is 1.09. The molecule has 0 unspecified atom stereocenters. The number of methoxy groups -OCH3 is 1. The number of nitrogens with two attached hydrogens (primary N) is 1. The zero-order chi connectivity index (χ0) is 13.0. The number of hydrogen-bond acceptors (Lipinski definition) is 5. The molecule has 1 aromatic heterocycles. The van der Waals surface area contributed by atoms with E-state index in [1.807, 2.05) is 30.5 Å². The van der Waals surface area contributed by atoms with Gasteiger partial charge in [0.1, 0.15) is 5.82 Å². The Hall–Kier alpha value is -1.59. The molecule has 5 heteroatoms. The predicted octanol–water partition coefficient (Wildman–Crippen LogP) is 2.59. The summed E-state index contributed by atoms with van der Waals surface area (Å²) in [6.07, 6.45) is 2.04. The first-order valence-corrected chi connectivity index (χ1v) is 6.72. The molecule has 2 rings (SSSR count). The third kappa shape index (κ3) is 3.00. The van der Waals surface area contributed by atoms with E-state index in [2.05, 4.69) is 9.97 Å². The average Bonchev–Trinajstić information content (AvgIpc) is 2.38. The highest BCUT2D eigenvalue weighted by atomic mass is 32.2. The van der Waals surface area contributed by atoms with Gasteiger partial charge in [0.2, 0.25) is 0 Å². The number of hydrogen-bond donors (Lipinski definition) is 1. The Kier molecular flexibility index (Phi) is 4.17. The Labute approximate surface area is 111 Å². The number of nitrogens with zero attached hydrogens (tertiary/aromatic N) is 2. The Balaban J connectivity index is 2.36. The Morgan fingerprint density at radius 3 is 2.56 bits per heavy atom. The Morgan fingerprint density at radius 1 is 1.22 bits per heavy atom. The molecule has 0 aliphatic carbocycles. The first kappa shape index (κ1) is 12.9. The van der Waals surface area contributed by atoms with E-state index in [1.54, 1.807) is 24.9 Å². The van der Waals surface area contributed by atoms with E-state index >= 15 is 0 Å². The van der Waals surface area contributed by atoms with Crippen molar-refractivity contribution in [3.8, 4) is 11.4 Å². The minimum Gasteiger partial charge on any atom is -0.384 e. The maximum absolute atomic E-state index is 5.77. The number of aromatic nitrogens is 2. The highest BCUT2D eigenvalue weighted by molar-refractivity contribution is 7.98. The molecule has 0 saturated carbocycles. The van der Waals surface area contributed by atoms with Crippen LogP contribution in [0.3, 0.4) is 0 Å². The topological polar surface area (TPSA) is 61.0 Å². The molecular formula is C13H15N3OS. The number of rotatable bonds is 4. The summed E-state index contributed by atoms with van der Waals surface area (Å²) in [4.78, 5) is 9.88. The Morgan fingerprint density at radius 2 is 1.94 bits per heavy atom. The lowest BCUT2D eigenvalue weighted by molar-refractivity contribution is 0.181. The molecule has 0 aliphatic heterocycles. The summed E-state index contributed by atoms with van der Waals surface area (Å²) in [5.41, 5.74) is 7.51. The first-order chi connectivity index (χ1) is 8.72. The molecule has 0 spiro atoms. The molecule has 4 nitrogen and oxygen atoms in total. The molecule has 0 saturated heterocycles. The van der Waals surface area contributed by atoms with Crippen molar-refractivity contribution in [1.29, 1.82) is 0 Å². The van der Waals surface area contributed by atoms with E-state index in [9.17, 15) is 0 Å². The van der Waals surface area contributed by atoms with Crippen molar-refractivity contribution < 1.29 is 4.74 Å². The quantitative estimate of drug-likeness (QED) is 0.857. The van der Waals surface area contributed by atoms with Crippen LogP contribution in [0.2, 0.25) is 0 Å². The molecule has 1 heterocycles. The lowest BCUT2D eigenvalue weighted by Gasteiger charge is -2.06. The lowest BCUT2D eigenvalue weighted by atomic mass is 10.2. The van der Waals surface area contributed by atoms with Crippen LogP contribution in [0.25, 0.3) is 11.4 Å². The van der Waals surface area contributed by atoms with Crippen molar-refractivity contribution in [2.24, 2.45) is 0 Å². The van der Waals surface area contributed by atoms with Crippen molar-refractivity contribution >= 4 is 17.6 Å². The number of nitrogen functional groups attached to an aromatic ring is 1. The Bertz CT molecular complexity index is 528. The second kappa shape index (κ2) is 5.84. The van der Waals surface area contributed by atoms with Crippen LogP contribution in [0.4, 0.5) is 5.82 Å². The minimum atomic E-state index is 0.433. The molecule has 0 amide bonds. The second-order valence-electron chi connectivity index (χ2n) is 3.77.